The summed E-state index contributed by atoms with van der Waals surface area (Å²) < 4.78 is 0. The summed E-state index contributed by atoms with van der Waals surface area (Å²) in [5.74, 6) is -0.0146. The molecular formula is C15H15Cl2N3OS. The van der Waals surface area contributed by atoms with Crippen molar-refractivity contribution in [2.45, 2.75) is 25.3 Å². The van der Waals surface area contributed by atoms with Crippen LogP contribution in [-0.2, 0) is 11.2 Å². The Labute approximate surface area is 142 Å². The van der Waals surface area contributed by atoms with Crippen molar-refractivity contribution < 1.29 is 4.79 Å². The average Bonchev–Trinajstić information content (AvgIpc) is 3.15. The van der Waals surface area contributed by atoms with E-state index >= 15 is 0 Å². The highest BCUT2D eigenvalue weighted by Gasteiger charge is 2.22. The topological polar surface area (TPSA) is 54.0 Å². The van der Waals surface area contributed by atoms with E-state index in [0.29, 0.717) is 21.6 Å². The normalized spacial score (nSPS) is 17.6. The van der Waals surface area contributed by atoms with Crippen molar-refractivity contribution in [1.29, 1.82) is 0 Å². The first kappa shape index (κ1) is 15.7. The van der Waals surface area contributed by atoms with Crippen LogP contribution in [0.4, 0.5) is 5.13 Å². The lowest BCUT2D eigenvalue weighted by atomic mass is 10.1. The quantitative estimate of drug-likeness (QED) is 0.878. The number of nitrogens with one attached hydrogen (secondary N) is 2. The third-order valence-electron chi connectivity index (χ3n) is 3.56. The third-order valence-corrected chi connectivity index (χ3v) is 5.33. The maximum atomic E-state index is 12.0. The molecule has 0 aliphatic carbocycles. The van der Waals surface area contributed by atoms with Crippen LogP contribution in [0.15, 0.2) is 24.4 Å². The highest BCUT2D eigenvalue weighted by atomic mass is 35.5. The summed E-state index contributed by atoms with van der Waals surface area (Å²) in [5, 5.41) is 7.76. The first-order valence-corrected chi connectivity index (χ1v) is 8.62. The smallest absolute Gasteiger partial charge is 0.243 e. The van der Waals surface area contributed by atoms with Crippen LogP contribution in [0.25, 0.3) is 0 Å². The highest BCUT2D eigenvalue weighted by Crippen LogP contribution is 2.29. The van der Waals surface area contributed by atoms with Crippen molar-refractivity contribution in [3.8, 4) is 0 Å². The lowest BCUT2D eigenvalue weighted by molar-refractivity contribution is -0.117. The number of aromatic nitrogens is 1. The average molecular weight is 356 g/mol. The van der Waals surface area contributed by atoms with Gasteiger partial charge in [-0.2, -0.15) is 0 Å². The molecule has 1 atom stereocenters. The summed E-state index contributed by atoms with van der Waals surface area (Å²) in [5.41, 5.74) is 0.952. The molecule has 3 rings (SSSR count). The number of thiazole rings is 1. The Balaban J connectivity index is 1.66. The van der Waals surface area contributed by atoms with E-state index in [-0.39, 0.29) is 11.9 Å². The number of nitrogens with zero attached hydrogens (tertiary/aromatic N) is 1. The molecule has 0 bridgehead atoms. The second kappa shape index (κ2) is 6.96. The standard InChI is InChI=1S/C15H15Cl2N3OS/c16-11-4-1-3-9(13(11)17)7-10-8-19-15(22-10)20-14(21)12-5-2-6-18-12/h1,3-4,8,12,18H,2,5-7H2,(H,19,20,21). The van der Waals surface area contributed by atoms with Gasteiger partial charge in [-0.1, -0.05) is 35.3 Å². The molecule has 1 unspecified atom stereocenters. The van der Waals surface area contributed by atoms with Gasteiger partial charge < -0.3 is 10.6 Å². The van der Waals surface area contributed by atoms with Crippen molar-refractivity contribution in [2.75, 3.05) is 11.9 Å². The molecule has 116 valence electrons. The molecule has 4 nitrogen and oxygen atoms in total. The van der Waals surface area contributed by atoms with Gasteiger partial charge in [0.2, 0.25) is 5.91 Å². The molecule has 2 aromatic rings. The zero-order valence-corrected chi connectivity index (χ0v) is 14.1. The van der Waals surface area contributed by atoms with E-state index < -0.39 is 0 Å². The first-order chi connectivity index (χ1) is 10.6. The zero-order chi connectivity index (χ0) is 15.5. The van der Waals surface area contributed by atoms with Crippen LogP contribution >= 0.6 is 34.5 Å². The maximum absolute atomic E-state index is 12.0. The Kier molecular flexibility index (Phi) is 4.98. The number of rotatable bonds is 4. The van der Waals surface area contributed by atoms with Crippen molar-refractivity contribution in [1.82, 2.24) is 10.3 Å². The van der Waals surface area contributed by atoms with Crippen molar-refractivity contribution in [3.05, 3.63) is 44.9 Å². The molecule has 1 saturated heterocycles. The van der Waals surface area contributed by atoms with Crippen LogP contribution in [0.3, 0.4) is 0 Å². The van der Waals surface area contributed by atoms with Gasteiger partial charge in [-0.15, -0.1) is 11.3 Å². The lowest BCUT2D eigenvalue weighted by Crippen LogP contribution is -2.35. The Morgan fingerprint density at radius 2 is 2.32 bits per heavy atom. The predicted molar refractivity (Wildman–Crippen MR) is 91.0 cm³/mol. The Bertz CT molecular complexity index is 683. The number of amides is 1. The van der Waals surface area contributed by atoms with Crippen LogP contribution in [-0.4, -0.2) is 23.5 Å². The van der Waals surface area contributed by atoms with E-state index in [2.05, 4.69) is 15.6 Å². The number of anilines is 1. The van der Waals surface area contributed by atoms with Gasteiger partial charge in [-0.25, -0.2) is 4.98 Å². The molecule has 0 spiro atoms. The van der Waals surface area contributed by atoms with Crippen LogP contribution in [0.1, 0.15) is 23.3 Å². The van der Waals surface area contributed by atoms with Gasteiger partial charge in [0.15, 0.2) is 5.13 Å². The van der Waals surface area contributed by atoms with Gasteiger partial charge in [0.1, 0.15) is 0 Å². The summed E-state index contributed by atoms with van der Waals surface area (Å²) in [7, 11) is 0. The second-order valence-corrected chi connectivity index (χ2v) is 7.06. The summed E-state index contributed by atoms with van der Waals surface area (Å²) >= 11 is 13.7. The van der Waals surface area contributed by atoms with Gasteiger partial charge in [-0.3, -0.25) is 4.79 Å². The molecule has 1 aliphatic heterocycles. The third kappa shape index (κ3) is 3.60. The second-order valence-electron chi connectivity index (χ2n) is 5.16. The number of carbonyl (C=O) groups is 1. The SMILES string of the molecule is O=C(Nc1ncc(Cc2cccc(Cl)c2Cl)s1)C1CCCN1. The minimum Gasteiger partial charge on any atom is -0.306 e. The fourth-order valence-electron chi connectivity index (χ4n) is 2.42. The Hall–Kier alpha value is -1.14. The molecule has 0 saturated carbocycles. The molecule has 2 N–H and O–H groups in total. The summed E-state index contributed by atoms with van der Waals surface area (Å²) in [6, 6.07) is 5.48. The van der Waals surface area contributed by atoms with Crippen molar-refractivity contribution in [2.24, 2.45) is 0 Å². The molecule has 1 aromatic heterocycles. The van der Waals surface area contributed by atoms with Crippen LogP contribution < -0.4 is 10.6 Å². The molecule has 1 fully saturated rings. The van der Waals surface area contributed by atoms with Crippen molar-refractivity contribution >= 4 is 45.6 Å². The van der Waals surface area contributed by atoms with Crippen molar-refractivity contribution in [3.63, 3.8) is 0 Å². The lowest BCUT2D eigenvalue weighted by Gasteiger charge is -2.08. The number of benzene rings is 1. The molecule has 1 amide bonds. The van der Waals surface area contributed by atoms with E-state index in [1.807, 2.05) is 12.1 Å². The van der Waals surface area contributed by atoms with Crippen LogP contribution in [0.2, 0.25) is 10.0 Å². The first-order valence-electron chi connectivity index (χ1n) is 7.05. The van der Waals surface area contributed by atoms with E-state index in [0.717, 1.165) is 29.8 Å². The maximum Gasteiger partial charge on any atom is 0.243 e. The highest BCUT2D eigenvalue weighted by molar-refractivity contribution is 7.15. The molecule has 2 heterocycles. The minimum absolute atomic E-state index is 0.0146. The van der Waals surface area contributed by atoms with Gasteiger partial charge in [-0.05, 0) is 31.0 Å². The largest absolute Gasteiger partial charge is 0.306 e. The van der Waals surface area contributed by atoms with Crippen LogP contribution in [0.5, 0.6) is 0 Å². The number of hydrogen-bond donors (Lipinski definition) is 2. The van der Waals surface area contributed by atoms with E-state index in [4.69, 9.17) is 23.2 Å². The molecular weight excluding hydrogens is 341 g/mol. The van der Waals surface area contributed by atoms with E-state index in [1.165, 1.54) is 11.3 Å². The van der Waals surface area contributed by atoms with Crippen LogP contribution in [0, 0.1) is 0 Å². The summed E-state index contributed by atoms with van der Waals surface area (Å²) in [6.45, 7) is 0.897. The van der Waals surface area contributed by atoms with Gasteiger partial charge in [0, 0.05) is 17.5 Å². The van der Waals surface area contributed by atoms with Gasteiger partial charge >= 0.3 is 0 Å². The zero-order valence-electron chi connectivity index (χ0n) is 11.7. The fourth-order valence-corrected chi connectivity index (χ4v) is 3.65. The monoisotopic (exact) mass is 355 g/mol. The predicted octanol–water partition coefficient (Wildman–Crippen LogP) is 3.73. The minimum atomic E-state index is -0.102. The molecule has 0 radical (unpaired) electrons. The fraction of sp³-hybridized carbons (Fsp3) is 0.333. The molecule has 1 aliphatic rings. The Morgan fingerprint density at radius 1 is 1.45 bits per heavy atom. The summed E-state index contributed by atoms with van der Waals surface area (Å²) in [4.78, 5) is 17.3. The number of halogens is 2. The number of hydrogen-bond acceptors (Lipinski definition) is 4. The molecule has 22 heavy (non-hydrogen) atoms. The Morgan fingerprint density at radius 3 is 3.09 bits per heavy atom. The molecule has 1 aromatic carbocycles. The van der Waals surface area contributed by atoms with Gasteiger partial charge in [0.05, 0.1) is 16.1 Å². The number of carbonyl (C=O) groups excluding carboxylic acids is 1. The summed E-state index contributed by atoms with van der Waals surface area (Å²) in [6.07, 6.45) is 4.32. The van der Waals surface area contributed by atoms with Gasteiger partial charge in [0.25, 0.3) is 0 Å². The molecule has 7 heteroatoms. The van der Waals surface area contributed by atoms with E-state index in [1.54, 1.807) is 12.3 Å². The van der Waals surface area contributed by atoms with E-state index in [9.17, 15) is 4.79 Å².